The number of nitrogens with one attached hydrogen (secondary N) is 1. The molecule has 0 aliphatic rings. The van der Waals surface area contributed by atoms with E-state index in [0.29, 0.717) is 11.8 Å². The third-order valence-electron chi connectivity index (χ3n) is 3.03. The maximum Gasteiger partial charge on any atom is 0.174 e. The highest BCUT2D eigenvalue weighted by molar-refractivity contribution is 5.29. The molecule has 0 heterocycles. The summed E-state index contributed by atoms with van der Waals surface area (Å²) in [6.07, 6.45) is 7.10. The van der Waals surface area contributed by atoms with Crippen molar-refractivity contribution >= 4 is 0 Å². The molecule has 0 aromatic heterocycles. The Morgan fingerprint density at radius 3 is 2.58 bits per heavy atom. The quantitative estimate of drug-likeness (QED) is 0.763. The predicted octanol–water partition coefficient (Wildman–Crippen LogP) is 3.04. The van der Waals surface area contributed by atoms with Crippen LogP contribution in [0, 0.1) is 23.7 Å². The monoisotopic (exact) mass is 256 g/mol. The van der Waals surface area contributed by atoms with Gasteiger partial charge in [0.05, 0.1) is 0 Å². The van der Waals surface area contributed by atoms with Crippen LogP contribution in [-0.4, -0.2) is 12.6 Å². The van der Waals surface area contributed by atoms with Crippen LogP contribution in [-0.2, 0) is 0 Å². The number of rotatable bonds is 7. The van der Waals surface area contributed by atoms with Crippen LogP contribution in [0.25, 0.3) is 0 Å². The van der Waals surface area contributed by atoms with Crippen LogP contribution in [0.4, 0.5) is 0 Å². The molecule has 1 aromatic rings. The van der Waals surface area contributed by atoms with Gasteiger partial charge in [-0.15, -0.1) is 12.3 Å². The molecule has 3 heteroatoms. The molecule has 1 rings (SSSR count). The average molecular weight is 256 g/mol. The molecule has 0 saturated heterocycles. The zero-order valence-corrected chi connectivity index (χ0v) is 11.5. The fourth-order valence-electron chi connectivity index (χ4n) is 1.88. The van der Waals surface area contributed by atoms with Gasteiger partial charge in [0.25, 0.3) is 0 Å². The highest BCUT2D eigenvalue weighted by Gasteiger charge is 2.10. The minimum absolute atomic E-state index is 0.0766. The predicted molar refractivity (Wildman–Crippen MR) is 76.6 cm³/mol. The first kappa shape index (κ1) is 15.1. The van der Waals surface area contributed by atoms with Crippen molar-refractivity contribution in [3.63, 3.8) is 0 Å². The molecule has 1 N–H and O–H groups in total. The first-order valence-corrected chi connectivity index (χ1v) is 6.50. The largest absolute Gasteiger partial charge is 0.479 e. The highest BCUT2D eigenvalue weighted by Crippen LogP contribution is 2.18. The first-order chi connectivity index (χ1) is 9.21. The van der Waals surface area contributed by atoms with Gasteiger partial charge >= 0.3 is 0 Å². The normalized spacial score (nSPS) is 13.1. The van der Waals surface area contributed by atoms with E-state index in [2.05, 4.69) is 25.1 Å². The Morgan fingerprint density at radius 2 is 2.05 bits per heavy atom. The summed E-state index contributed by atoms with van der Waals surface area (Å²) in [6, 6.07) is 10.3. The average Bonchev–Trinajstić information content (AvgIpc) is 2.45. The summed E-state index contributed by atoms with van der Waals surface area (Å²) in [5, 5.41) is 12.0. The summed E-state index contributed by atoms with van der Waals surface area (Å²) in [5.41, 5.74) is 1.18. The smallest absolute Gasteiger partial charge is 0.174 e. The van der Waals surface area contributed by atoms with E-state index < -0.39 is 0 Å². The number of terminal acetylenes is 1. The summed E-state index contributed by atoms with van der Waals surface area (Å²) >= 11 is 0. The van der Waals surface area contributed by atoms with Crippen LogP contribution < -0.4 is 10.1 Å². The molecule has 0 spiro atoms. The van der Waals surface area contributed by atoms with E-state index in [1.54, 1.807) is 0 Å². The molecular formula is C16H20N2O. The molecule has 3 nitrogen and oxygen atoms in total. The van der Waals surface area contributed by atoms with Gasteiger partial charge in [0, 0.05) is 18.5 Å². The number of hydrogen-bond acceptors (Lipinski definition) is 3. The van der Waals surface area contributed by atoms with Crippen LogP contribution in [0.3, 0.4) is 0 Å². The Balaban J connectivity index is 2.60. The van der Waals surface area contributed by atoms with Crippen LogP contribution >= 0.6 is 0 Å². The number of benzene rings is 1. The second-order valence-corrected chi connectivity index (χ2v) is 4.42. The lowest BCUT2D eigenvalue weighted by Crippen LogP contribution is -2.30. The summed E-state index contributed by atoms with van der Waals surface area (Å²) in [4.78, 5) is 0. The summed E-state index contributed by atoms with van der Waals surface area (Å²) < 4.78 is 5.22. The Bertz CT molecular complexity index is 453. The second-order valence-electron chi connectivity index (χ2n) is 4.42. The van der Waals surface area contributed by atoms with Crippen molar-refractivity contribution in [2.75, 3.05) is 6.61 Å². The fraction of sp³-hybridized carbons (Fsp3) is 0.438. The maximum atomic E-state index is 8.45. The summed E-state index contributed by atoms with van der Waals surface area (Å²) in [7, 11) is 0. The Labute approximate surface area is 115 Å². The lowest BCUT2D eigenvalue weighted by atomic mass is 10.1. The maximum absolute atomic E-state index is 8.45. The molecule has 2 atom stereocenters. The number of ether oxygens (including phenoxy) is 1. The Morgan fingerprint density at radius 1 is 1.37 bits per heavy atom. The minimum atomic E-state index is 0.0766. The Hall–Kier alpha value is -1.97. The molecule has 100 valence electrons. The molecule has 19 heavy (non-hydrogen) atoms. The Kier molecular flexibility index (Phi) is 6.50. The van der Waals surface area contributed by atoms with Crippen molar-refractivity contribution in [2.45, 2.75) is 38.8 Å². The van der Waals surface area contributed by atoms with E-state index in [1.807, 2.05) is 30.3 Å². The molecule has 0 fully saturated rings. The third kappa shape index (κ3) is 5.04. The molecule has 0 amide bonds. The topological polar surface area (TPSA) is 45.0 Å². The van der Waals surface area contributed by atoms with Gasteiger partial charge in [0.15, 0.2) is 6.61 Å². The van der Waals surface area contributed by atoms with Gasteiger partial charge in [0.2, 0.25) is 0 Å². The SMILES string of the molecule is C#CCC(CC)NC(C)c1ccc(OCC#N)cc1. The van der Waals surface area contributed by atoms with Crippen molar-refractivity contribution in [3.05, 3.63) is 29.8 Å². The molecule has 0 aliphatic carbocycles. The van der Waals surface area contributed by atoms with Crippen LogP contribution in [0.15, 0.2) is 24.3 Å². The van der Waals surface area contributed by atoms with Gasteiger partial charge in [0.1, 0.15) is 11.8 Å². The molecule has 2 unspecified atom stereocenters. The van der Waals surface area contributed by atoms with Gasteiger partial charge in [-0.1, -0.05) is 19.1 Å². The molecule has 0 aliphatic heterocycles. The van der Waals surface area contributed by atoms with Gasteiger partial charge in [-0.25, -0.2) is 0 Å². The molecule has 0 bridgehead atoms. The number of nitrogens with zero attached hydrogens (tertiary/aromatic N) is 1. The van der Waals surface area contributed by atoms with Crippen molar-refractivity contribution < 1.29 is 4.74 Å². The zero-order chi connectivity index (χ0) is 14.1. The van der Waals surface area contributed by atoms with Crippen molar-refractivity contribution in [1.29, 1.82) is 5.26 Å². The van der Waals surface area contributed by atoms with E-state index in [4.69, 9.17) is 16.4 Å². The first-order valence-electron chi connectivity index (χ1n) is 6.50. The van der Waals surface area contributed by atoms with Gasteiger partial charge in [-0.05, 0) is 31.0 Å². The van der Waals surface area contributed by atoms with Gasteiger partial charge in [-0.3, -0.25) is 0 Å². The molecule has 0 radical (unpaired) electrons. The number of nitriles is 1. The van der Waals surface area contributed by atoms with E-state index in [1.165, 1.54) is 5.56 Å². The van der Waals surface area contributed by atoms with Crippen molar-refractivity contribution in [1.82, 2.24) is 5.32 Å². The lowest BCUT2D eigenvalue weighted by molar-refractivity contribution is 0.367. The third-order valence-corrected chi connectivity index (χ3v) is 3.03. The van der Waals surface area contributed by atoms with E-state index in [9.17, 15) is 0 Å². The minimum Gasteiger partial charge on any atom is -0.479 e. The van der Waals surface area contributed by atoms with Gasteiger partial charge in [-0.2, -0.15) is 5.26 Å². The summed E-state index contributed by atoms with van der Waals surface area (Å²) in [6.45, 7) is 4.32. The van der Waals surface area contributed by atoms with Crippen LogP contribution in [0.5, 0.6) is 5.75 Å². The molecular weight excluding hydrogens is 236 g/mol. The fourth-order valence-corrected chi connectivity index (χ4v) is 1.88. The summed E-state index contributed by atoms with van der Waals surface area (Å²) in [5.74, 6) is 3.41. The standard InChI is InChI=1S/C16H20N2O/c1-4-6-15(5-2)18-13(3)14-7-9-16(10-8-14)19-12-11-17/h1,7-10,13,15,18H,5-6,12H2,2-3H3. The van der Waals surface area contributed by atoms with Crippen molar-refractivity contribution in [2.24, 2.45) is 0 Å². The van der Waals surface area contributed by atoms with Crippen LogP contribution in [0.2, 0.25) is 0 Å². The number of hydrogen-bond donors (Lipinski definition) is 1. The van der Waals surface area contributed by atoms with E-state index >= 15 is 0 Å². The zero-order valence-electron chi connectivity index (χ0n) is 11.5. The van der Waals surface area contributed by atoms with E-state index in [0.717, 1.165) is 12.8 Å². The molecule has 0 saturated carbocycles. The lowest BCUT2D eigenvalue weighted by Gasteiger charge is -2.21. The van der Waals surface area contributed by atoms with E-state index in [-0.39, 0.29) is 12.6 Å². The van der Waals surface area contributed by atoms with Crippen molar-refractivity contribution in [3.8, 4) is 24.2 Å². The highest BCUT2D eigenvalue weighted by atomic mass is 16.5. The molecule has 1 aromatic carbocycles. The van der Waals surface area contributed by atoms with Gasteiger partial charge < -0.3 is 10.1 Å². The second kappa shape index (κ2) is 8.19. The van der Waals surface area contributed by atoms with Crippen LogP contribution in [0.1, 0.15) is 38.3 Å².